The predicted octanol–water partition coefficient (Wildman–Crippen LogP) is 5.18. The van der Waals surface area contributed by atoms with Crippen LogP contribution < -0.4 is 20.7 Å². The third kappa shape index (κ3) is 7.61. The number of nitrogens with zero attached hydrogens (tertiary/aromatic N) is 6. The fourth-order valence-electron chi connectivity index (χ4n) is 5.42. The van der Waals surface area contributed by atoms with Crippen LogP contribution in [0.5, 0.6) is 5.75 Å². The van der Waals surface area contributed by atoms with Crippen LogP contribution in [0.1, 0.15) is 99.8 Å². The summed E-state index contributed by atoms with van der Waals surface area (Å²) in [6.45, 7) is 13.5. The molecule has 0 saturated carbocycles. The molecule has 2 atom stereocenters. The zero-order valence-electron chi connectivity index (χ0n) is 28.0. The van der Waals surface area contributed by atoms with Gasteiger partial charge < -0.3 is 20.3 Å². The molecule has 3 N–H and O–H groups in total. The molecule has 0 aliphatic heterocycles. The number of pyridine rings is 1. The van der Waals surface area contributed by atoms with Gasteiger partial charge in [-0.15, -0.1) is 10.2 Å². The highest BCUT2D eigenvalue weighted by molar-refractivity contribution is 5.92. The van der Waals surface area contributed by atoms with Crippen molar-refractivity contribution in [3.8, 4) is 5.75 Å². The Morgan fingerprint density at radius 3 is 2.39 bits per heavy atom. The molecule has 0 spiro atoms. The Balaban J connectivity index is 1.31. The second-order valence-corrected chi connectivity index (χ2v) is 14.1. The van der Waals surface area contributed by atoms with Crippen LogP contribution in [0.4, 0.5) is 10.6 Å². The number of urea groups is 1. The van der Waals surface area contributed by atoms with E-state index in [0.29, 0.717) is 31.6 Å². The first-order valence-electron chi connectivity index (χ1n) is 15.7. The van der Waals surface area contributed by atoms with Gasteiger partial charge in [0, 0.05) is 30.0 Å². The van der Waals surface area contributed by atoms with Crippen LogP contribution in [0.2, 0.25) is 0 Å². The van der Waals surface area contributed by atoms with Gasteiger partial charge in [-0.3, -0.25) is 14.5 Å². The van der Waals surface area contributed by atoms with E-state index >= 15 is 0 Å². The van der Waals surface area contributed by atoms with Crippen molar-refractivity contribution in [3.63, 3.8) is 0 Å². The molecule has 3 heterocycles. The van der Waals surface area contributed by atoms with Crippen LogP contribution in [0.15, 0.2) is 48.7 Å². The lowest BCUT2D eigenvalue weighted by Crippen LogP contribution is -2.36. The van der Waals surface area contributed by atoms with Crippen molar-refractivity contribution in [2.24, 2.45) is 0 Å². The standard InChI is InChI=1S/C34H45N9O3/c1-33(2,3)26-19-27(38-29(37-26)30(44)35-17-18-42(7)8)39-32(45)36-24-14-15-25(23-12-10-9-11-22(23)24)46-21-13-16-28-40-41-31(34(4,5)6)43(28)20-21/h9-13,16,19-20,24-25H,14-15,17-18H2,1-8H3,(H,35,44)(H2,36,37,38,39,45)/t24-,25+/m0/s1. The number of fused-ring (bicyclic) bond motifs is 2. The Morgan fingerprint density at radius 1 is 0.957 bits per heavy atom. The minimum atomic E-state index is -0.413. The molecule has 12 nitrogen and oxygen atoms in total. The molecule has 0 unspecified atom stereocenters. The van der Waals surface area contributed by atoms with Crippen molar-refractivity contribution in [3.05, 3.63) is 77.1 Å². The number of carbonyl (C=O) groups excluding carboxylic acids is 2. The number of hydrogen-bond donors (Lipinski definition) is 3. The Labute approximate surface area is 270 Å². The first-order chi connectivity index (χ1) is 21.7. The monoisotopic (exact) mass is 627 g/mol. The van der Waals surface area contributed by atoms with E-state index in [9.17, 15) is 9.59 Å². The third-order valence-electron chi connectivity index (χ3n) is 7.85. The van der Waals surface area contributed by atoms with Crippen molar-refractivity contribution in [1.82, 2.24) is 40.1 Å². The van der Waals surface area contributed by atoms with Gasteiger partial charge in [-0.1, -0.05) is 65.8 Å². The molecule has 12 heteroatoms. The number of carbonyl (C=O) groups is 2. The molecule has 0 saturated heterocycles. The number of aromatic nitrogens is 5. The summed E-state index contributed by atoms with van der Waals surface area (Å²) in [6, 6.07) is 12.9. The summed E-state index contributed by atoms with van der Waals surface area (Å²) >= 11 is 0. The van der Waals surface area contributed by atoms with Gasteiger partial charge in [0.05, 0.1) is 17.9 Å². The zero-order valence-corrected chi connectivity index (χ0v) is 28.0. The van der Waals surface area contributed by atoms with E-state index in [1.165, 1.54) is 0 Å². The van der Waals surface area contributed by atoms with Crippen molar-refractivity contribution in [1.29, 1.82) is 0 Å². The Hall–Kier alpha value is -4.58. The van der Waals surface area contributed by atoms with Gasteiger partial charge in [0.25, 0.3) is 5.91 Å². The highest BCUT2D eigenvalue weighted by Crippen LogP contribution is 2.39. The summed E-state index contributed by atoms with van der Waals surface area (Å²) in [5, 5.41) is 17.5. The van der Waals surface area contributed by atoms with Crippen LogP contribution in [0.25, 0.3) is 5.65 Å². The number of benzene rings is 1. The Kier molecular flexibility index (Phi) is 9.29. The first kappa shape index (κ1) is 32.8. The number of rotatable bonds is 8. The molecular formula is C34H45N9O3. The van der Waals surface area contributed by atoms with E-state index in [-0.39, 0.29) is 40.5 Å². The Bertz CT molecular complexity index is 1720. The molecule has 0 radical (unpaired) electrons. The quantitative estimate of drug-likeness (QED) is 0.243. The average molecular weight is 628 g/mol. The average Bonchev–Trinajstić information content (AvgIpc) is 3.42. The van der Waals surface area contributed by atoms with Gasteiger partial charge in [0.15, 0.2) is 5.65 Å². The first-order valence-corrected chi connectivity index (χ1v) is 15.7. The normalized spacial score (nSPS) is 16.6. The van der Waals surface area contributed by atoms with Gasteiger partial charge in [0.2, 0.25) is 5.82 Å². The lowest BCUT2D eigenvalue weighted by molar-refractivity contribution is 0.0940. The SMILES string of the molecule is CN(C)CCNC(=O)c1nc(NC(=O)N[C@H]2CC[C@@H](Oc3ccc4nnc(C(C)(C)C)n4c3)c3ccccc32)cc(C(C)(C)C)n1. The maximum absolute atomic E-state index is 13.3. The molecule has 244 valence electrons. The van der Waals surface area contributed by atoms with E-state index < -0.39 is 6.03 Å². The highest BCUT2D eigenvalue weighted by Gasteiger charge is 2.30. The summed E-state index contributed by atoms with van der Waals surface area (Å²) in [4.78, 5) is 37.0. The third-order valence-corrected chi connectivity index (χ3v) is 7.85. The second kappa shape index (κ2) is 13.0. The van der Waals surface area contributed by atoms with Crippen molar-refractivity contribution in [2.75, 3.05) is 32.5 Å². The number of amides is 3. The summed E-state index contributed by atoms with van der Waals surface area (Å²) in [7, 11) is 3.87. The molecule has 1 aliphatic rings. The van der Waals surface area contributed by atoms with E-state index in [2.05, 4.69) is 56.9 Å². The predicted molar refractivity (Wildman–Crippen MR) is 177 cm³/mol. The summed E-state index contributed by atoms with van der Waals surface area (Å²) in [5.41, 5.74) is 2.90. The van der Waals surface area contributed by atoms with E-state index in [1.54, 1.807) is 6.07 Å². The van der Waals surface area contributed by atoms with Crippen LogP contribution in [-0.2, 0) is 10.8 Å². The fourth-order valence-corrected chi connectivity index (χ4v) is 5.42. The highest BCUT2D eigenvalue weighted by atomic mass is 16.5. The smallest absolute Gasteiger partial charge is 0.320 e. The Morgan fingerprint density at radius 2 is 1.70 bits per heavy atom. The van der Waals surface area contributed by atoms with Gasteiger partial charge >= 0.3 is 6.03 Å². The zero-order chi connectivity index (χ0) is 33.2. The van der Waals surface area contributed by atoms with Crippen molar-refractivity contribution < 1.29 is 14.3 Å². The molecule has 4 aromatic rings. The maximum atomic E-state index is 13.3. The number of nitrogens with one attached hydrogen (secondary N) is 3. The fraction of sp³-hybridized carbons (Fsp3) is 0.471. The summed E-state index contributed by atoms with van der Waals surface area (Å²) in [5.74, 6) is 1.48. The number of ether oxygens (including phenoxy) is 1. The van der Waals surface area contributed by atoms with Crippen molar-refractivity contribution in [2.45, 2.75) is 77.4 Å². The molecule has 46 heavy (non-hydrogen) atoms. The summed E-state index contributed by atoms with van der Waals surface area (Å²) in [6.07, 6.45) is 3.14. The minimum Gasteiger partial charge on any atom is -0.484 e. The van der Waals surface area contributed by atoms with E-state index in [1.807, 2.05) is 86.8 Å². The van der Waals surface area contributed by atoms with Crippen LogP contribution >= 0.6 is 0 Å². The van der Waals surface area contributed by atoms with Gasteiger partial charge in [0.1, 0.15) is 23.5 Å². The molecule has 3 aromatic heterocycles. The van der Waals surface area contributed by atoms with E-state index in [0.717, 1.165) is 28.3 Å². The molecule has 0 bridgehead atoms. The van der Waals surface area contributed by atoms with Crippen LogP contribution in [0.3, 0.4) is 0 Å². The number of anilines is 1. The van der Waals surface area contributed by atoms with Gasteiger partial charge in [-0.05, 0) is 50.2 Å². The molecule has 0 fully saturated rings. The second-order valence-electron chi connectivity index (χ2n) is 14.1. The minimum absolute atomic E-state index is 0.0174. The lowest BCUT2D eigenvalue weighted by Gasteiger charge is -2.32. The summed E-state index contributed by atoms with van der Waals surface area (Å²) < 4.78 is 8.52. The number of hydrogen-bond acceptors (Lipinski definition) is 8. The molecule has 1 aliphatic carbocycles. The van der Waals surface area contributed by atoms with Crippen LogP contribution in [0, 0.1) is 0 Å². The molecule has 3 amide bonds. The van der Waals surface area contributed by atoms with Gasteiger partial charge in [-0.2, -0.15) is 0 Å². The van der Waals surface area contributed by atoms with Gasteiger partial charge in [-0.25, -0.2) is 14.8 Å². The molecule has 5 rings (SSSR count). The molecular weight excluding hydrogens is 582 g/mol. The molecule has 1 aromatic carbocycles. The largest absolute Gasteiger partial charge is 0.484 e. The number of likely N-dealkylation sites (N-methyl/N-ethyl adjacent to an activating group) is 1. The lowest BCUT2D eigenvalue weighted by atomic mass is 9.85. The maximum Gasteiger partial charge on any atom is 0.320 e. The topological polar surface area (TPSA) is 139 Å². The van der Waals surface area contributed by atoms with Crippen LogP contribution in [-0.4, -0.2) is 68.6 Å². The van der Waals surface area contributed by atoms with Crippen molar-refractivity contribution >= 4 is 23.4 Å². The van der Waals surface area contributed by atoms with E-state index in [4.69, 9.17) is 4.74 Å².